The first-order chi connectivity index (χ1) is 13.5. The van der Waals surface area contributed by atoms with Crippen LogP contribution in [0.5, 0.6) is 5.75 Å². The molecule has 2 aromatic rings. The van der Waals surface area contributed by atoms with Crippen molar-refractivity contribution in [2.24, 2.45) is 5.10 Å². The van der Waals surface area contributed by atoms with E-state index in [1.165, 1.54) is 36.5 Å². The number of amides is 1. The van der Waals surface area contributed by atoms with Crippen LogP contribution >= 0.6 is 0 Å². The molecule has 0 radical (unpaired) electrons. The molecule has 1 N–H and O–H groups in total. The topological polar surface area (TPSA) is 120 Å². The molecule has 2 aromatic carbocycles. The second kappa shape index (κ2) is 10.4. The van der Waals surface area contributed by atoms with Gasteiger partial charge in [-0.2, -0.15) is 5.10 Å². The number of hydrazone groups is 1. The van der Waals surface area contributed by atoms with E-state index in [9.17, 15) is 19.7 Å². The molecular weight excluding hydrogens is 366 g/mol. The largest absolute Gasteiger partial charge is 0.484 e. The first-order valence-electron chi connectivity index (χ1n) is 8.46. The zero-order valence-electron chi connectivity index (χ0n) is 15.2. The summed E-state index contributed by atoms with van der Waals surface area (Å²) in [4.78, 5) is 33.8. The van der Waals surface area contributed by atoms with Crippen LogP contribution in [0.15, 0.2) is 53.6 Å². The van der Waals surface area contributed by atoms with Crippen molar-refractivity contribution in [2.45, 2.75) is 13.3 Å². The summed E-state index contributed by atoms with van der Waals surface area (Å²) in [5, 5.41) is 14.6. The summed E-state index contributed by atoms with van der Waals surface area (Å²) in [7, 11) is 0. The third-order valence-electron chi connectivity index (χ3n) is 3.42. The van der Waals surface area contributed by atoms with Crippen LogP contribution in [0.2, 0.25) is 0 Å². The summed E-state index contributed by atoms with van der Waals surface area (Å²) >= 11 is 0. The van der Waals surface area contributed by atoms with E-state index in [4.69, 9.17) is 9.47 Å². The molecular formula is C19H19N3O6. The third-order valence-corrected chi connectivity index (χ3v) is 3.42. The Balaban J connectivity index is 1.83. The van der Waals surface area contributed by atoms with Crippen LogP contribution in [-0.2, 0) is 9.53 Å². The maximum Gasteiger partial charge on any atom is 0.338 e. The highest BCUT2D eigenvalue weighted by atomic mass is 16.6. The molecule has 0 unspecified atom stereocenters. The van der Waals surface area contributed by atoms with Gasteiger partial charge in [-0.25, -0.2) is 10.2 Å². The van der Waals surface area contributed by atoms with Crippen molar-refractivity contribution in [2.75, 3.05) is 13.2 Å². The van der Waals surface area contributed by atoms with Crippen LogP contribution in [0.25, 0.3) is 0 Å². The molecule has 0 heterocycles. The second-order valence-electron chi connectivity index (χ2n) is 5.56. The van der Waals surface area contributed by atoms with Gasteiger partial charge in [0.05, 0.1) is 28.9 Å². The highest BCUT2D eigenvalue weighted by Crippen LogP contribution is 2.15. The molecule has 28 heavy (non-hydrogen) atoms. The Bertz CT molecular complexity index is 864. The van der Waals surface area contributed by atoms with Crippen molar-refractivity contribution < 1.29 is 24.0 Å². The lowest BCUT2D eigenvalue weighted by molar-refractivity contribution is -0.385. The van der Waals surface area contributed by atoms with Crippen LogP contribution in [0.4, 0.5) is 5.69 Å². The molecule has 146 valence electrons. The molecule has 0 aliphatic carbocycles. The van der Waals surface area contributed by atoms with Crippen molar-refractivity contribution >= 4 is 23.8 Å². The molecule has 0 aliphatic heterocycles. The minimum absolute atomic E-state index is 0.116. The zero-order valence-corrected chi connectivity index (χ0v) is 15.2. The van der Waals surface area contributed by atoms with Crippen LogP contribution in [-0.4, -0.2) is 36.2 Å². The molecule has 2 rings (SSSR count). The number of ether oxygens (including phenoxy) is 2. The van der Waals surface area contributed by atoms with Crippen molar-refractivity contribution in [1.29, 1.82) is 0 Å². The second-order valence-corrected chi connectivity index (χ2v) is 5.56. The van der Waals surface area contributed by atoms with Gasteiger partial charge >= 0.3 is 5.97 Å². The molecule has 0 bridgehead atoms. The molecule has 0 atom stereocenters. The lowest BCUT2D eigenvalue weighted by atomic mass is 10.2. The number of nitrogens with one attached hydrogen (secondary N) is 1. The first-order valence-corrected chi connectivity index (χ1v) is 8.46. The Hall–Kier alpha value is -3.75. The molecule has 9 nitrogen and oxygen atoms in total. The summed E-state index contributed by atoms with van der Waals surface area (Å²) in [5.41, 5.74) is 2.76. The minimum Gasteiger partial charge on any atom is -0.484 e. The summed E-state index contributed by atoms with van der Waals surface area (Å²) in [6.45, 7) is 1.94. The summed E-state index contributed by atoms with van der Waals surface area (Å²) in [6, 6.07) is 12.2. The van der Waals surface area contributed by atoms with Gasteiger partial charge in [-0.15, -0.1) is 0 Å². The van der Waals surface area contributed by atoms with Crippen molar-refractivity contribution in [3.8, 4) is 5.75 Å². The number of para-hydroxylation sites is 1. The molecule has 1 amide bonds. The van der Waals surface area contributed by atoms with Gasteiger partial charge in [0, 0.05) is 6.07 Å². The van der Waals surface area contributed by atoms with Gasteiger partial charge in [-0.3, -0.25) is 14.9 Å². The normalized spacial score (nSPS) is 10.5. The number of nitro groups is 1. The van der Waals surface area contributed by atoms with Crippen molar-refractivity contribution in [3.05, 3.63) is 69.8 Å². The fraction of sp³-hybridized carbons (Fsp3) is 0.211. The monoisotopic (exact) mass is 385 g/mol. The van der Waals surface area contributed by atoms with Crippen LogP contribution in [0.1, 0.15) is 29.3 Å². The fourth-order valence-electron chi connectivity index (χ4n) is 2.08. The van der Waals surface area contributed by atoms with Crippen LogP contribution in [0.3, 0.4) is 0 Å². The van der Waals surface area contributed by atoms with Crippen LogP contribution < -0.4 is 10.2 Å². The van der Waals surface area contributed by atoms with Gasteiger partial charge in [0.1, 0.15) is 5.75 Å². The number of carbonyl (C=O) groups excluding carboxylic acids is 2. The molecule has 0 aliphatic rings. The SMILES string of the molecule is CCCOC(=O)c1ccc(OCC(=O)NN=Cc2ccccc2[N+](=O)[O-])cc1. The summed E-state index contributed by atoms with van der Waals surface area (Å²) < 4.78 is 10.3. The van der Waals surface area contributed by atoms with Crippen molar-refractivity contribution in [3.63, 3.8) is 0 Å². The van der Waals surface area contributed by atoms with E-state index >= 15 is 0 Å². The lowest BCUT2D eigenvalue weighted by Crippen LogP contribution is -2.24. The van der Waals surface area contributed by atoms with Gasteiger partial charge in [0.2, 0.25) is 0 Å². The molecule has 0 spiro atoms. The van der Waals surface area contributed by atoms with E-state index in [1.54, 1.807) is 18.2 Å². The first kappa shape index (κ1) is 20.6. The number of carbonyl (C=O) groups is 2. The fourth-order valence-corrected chi connectivity index (χ4v) is 2.08. The summed E-state index contributed by atoms with van der Waals surface area (Å²) in [5.74, 6) is -0.568. The molecule has 0 saturated carbocycles. The van der Waals surface area contributed by atoms with Gasteiger partial charge in [0.15, 0.2) is 6.61 Å². The third kappa shape index (κ3) is 6.20. The number of hydrogen-bond donors (Lipinski definition) is 1. The standard InChI is InChI=1S/C19H19N3O6/c1-2-11-27-19(24)14-7-9-16(10-8-14)28-13-18(23)21-20-12-15-5-3-4-6-17(15)22(25)26/h3-10,12H,2,11,13H2,1H3,(H,21,23). The Morgan fingerprint density at radius 2 is 1.89 bits per heavy atom. The average Bonchev–Trinajstić information content (AvgIpc) is 2.71. The number of benzene rings is 2. The molecule has 0 aromatic heterocycles. The average molecular weight is 385 g/mol. The minimum atomic E-state index is -0.540. The number of nitrogens with zero attached hydrogens (tertiary/aromatic N) is 2. The Kier molecular flexibility index (Phi) is 7.64. The lowest BCUT2D eigenvalue weighted by Gasteiger charge is -2.06. The van der Waals surface area contributed by atoms with E-state index in [1.807, 2.05) is 6.92 Å². The number of rotatable bonds is 9. The van der Waals surface area contributed by atoms with E-state index < -0.39 is 16.8 Å². The van der Waals surface area contributed by atoms with E-state index in [0.717, 1.165) is 6.42 Å². The summed E-state index contributed by atoms with van der Waals surface area (Å²) in [6.07, 6.45) is 1.93. The quantitative estimate of drug-likeness (QED) is 0.307. The van der Waals surface area contributed by atoms with Gasteiger partial charge < -0.3 is 9.47 Å². The molecule has 0 saturated heterocycles. The smallest absolute Gasteiger partial charge is 0.338 e. The van der Waals surface area contributed by atoms with Gasteiger partial charge in [-0.1, -0.05) is 19.1 Å². The maximum absolute atomic E-state index is 11.8. The van der Waals surface area contributed by atoms with E-state index in [-0.39, 0.29) is 17.9 Å². The highest BCUT2D eigenvalue weighted by Gasteiger charge is 2.10. The van der Waals surface area contributed by atoms with Gasteiger partial charge in [0.25, 0.3) is 11.6 Å². The van der Waals surface area contributed by atoms with Gasteiger partial charge in [-0.05, 0) is 36.8 Å². The maximum atomic E-state index is 11.8. The Morgan fingerprint density at radius 1 is 1.18 bits per heavy atom. The molecule has 0 fully saturated rings. The Morgan fingerprint density at radius 3 is 2.57 bits per heavy atom. The van der Waals surface area contributed by atoms with Crippen LogP contribution in [0, 0.1) is 10.1 Å². The molecule has 9 heteroatoms. The Labute approximate surface area is 161 Å². The highest BCUT2D eigenvalue weighted by molar-refractivity contribution is 5.89. The zero-order chi connectivity index (χ0) is 20.4. The van der Waals surface area contributed by atoms with E-state index in [2.05, 4.69) is 10.5 Å². The predicted octanol–water partition coefficient (Wildman–Crippen LogP) is 2.69. The van der Waals surface area contributed by atoms with Crippen molar-refractivity contribution in [1.82, 2.24) is 5.43 Å². The number of esters is 1. The van der Waals surface area contributed by atoms with E-state index in [0.29, 0.717) is 17.9 Å². The predicted molar refractivity (Wildman–Crippen MR) is 101 cm³/mol. The number of hydrogen-bond acceptors (Lipinski definition) is 7. The number of nitro benzene ring substituents is 1.